The highest BCUT2D eigenvalue weighted by atomic mass is 19.4. The van der Waals surface area contributed by atoms with Gasteiger partial charge < -0.3 is 16.4 Å². The van der Waals surface area contributed by atoms with Gasteiger partial charge in [0, 0.05) is 29.1 Å². The van der Waals surface area contributed by atoms with E-state index in [2.05, 4.69) is 15.6 Å². The van der Waals surface area contributed by atoms with Crippen molar-refractivity contribution in [2.45, 2.75) is 57.8 Å². The molecule has 1 saturated carbocycles. The van der Waals surface area contributed by atoms with Gasteiger partial charge >= 0.3 is 6.18 Å². The average molecular weight is 513 g/mol. The molecule has 0 radical (unpaired) electrons. The topological polar surface area (TPSA) is 97.1 Å². The normalized spacial score (nSPS) is 15.5. The van der Waals surface area contributed by atoms with Crippen molar-refractivity contribution in [2.75, 3.05) is 6.54 Å². The van der Waals surface area contributed by atoms with Crippen LogP contribution in [0.2, 0.25) is 0 Å². The van der Waals surface area contributed by atoms with Crippen LogP contribution in [-0.4, -0.2) is 29.4 Å². The van der Waals surface area contributed by atoms with Crippen LogP contribution in [0.1, 0.15) is 60.5 Å². The summed E-state index contributed by atoms with van der Waals surface area (Å²) in [5, 5.41) is 6.38. The number of carbonyl (C=O) groups excluding carboxylic acids is 2. The summed E-state index contributed by atoms with van der Waals surface area (Å²) in [4.78, 5) is 29.8. The predicted molar refractivity (Wildman–Crippen MR) is 137 cm³/mol. The highest BCUT2D eigenvalue weighted by molar-refractivity contribution is 6.09. The maximum absolute atomic E-state index is 13.8. The molecule has 0 bridgehead atoms. The largest absolute Gasteiger partial charge is 0.416 e. The summed E-state index contributed by atoms with van der Waals surface area (Å²) < 4.78 is 40.6. The van der Waals surface area contributed by atoms with Gasteiger partial charge in [0.1, 0.15) is 0 Å². The van der Waals surface area contributed by atoms with E-state index in [1.54, 1.807) is 24.3 Å². The van der Waals surface area contributed by atoms with Crippen LogP contribution in [0.5, 0.6) is 0 Å². The lowest BCUT2D eigenvalue weighted by atomic mass is 9.84. The van der Waals surface area contributed by atoms with E-state index in [1.807, 2.05) is 13.0 Å². The van der Waals surface area contributed by atoms with E-state index in [0.717, 1.165) is 37.8 Å². The maximum Gasteiger partial charge on any atom is 0.416 e. The van der Waals surface area contributed by atoms with E-state index in [-0.39, 0.29) is 36.1 Å². The van der Waals surface area contributed by atoms with E-state index < -0.39 is 17.6 Å². The number of aromatic nitrogens is 1. The third-order valence-electron chi connectivity index (χ3n) is 7.01. The Labute approximate surface area is 213 Å². The zero-order chi connectivity index (χ0) is 26.6. The molecule has 1 atom stereocenters. The number of nitrogens with one attached hydrogen (secondary N) is 2. The van der Waals surface area contributed by atoms with Crippen LogP contribution in [0.3, 0.4) is 0 Å². The zero-order valence-corrected chi connectivity index (χ0v) is 20.7. The van der Waals surface area contributed by atoms with Gasteiger partial charge in [-0.3, -0.25) is 9.59 Å². The molecule has 4 N–H and O–H groups in total. The number of carbonyl (C=O) groups is 2. The first-order chi connectivity index (χ1) is 17.6. The number of benzene rings is 2. The first-order valence-corrected chi connectivity index (χ1v) is 12.5. The second-order valence-electron chi connectivity index (χ2n) is 9.64. The molecule has 2 aromatic carbocycles. The van der Waals surface area contributed by atoms with Gasteiger partial charge in [0.2, 0.25) is 5.91 Å². The third kappa shape index (κ3) is 6.28. The average Bonchev–Trinajstić information content (AvgIpc) is 2.88. The van der Waals surface area contributed by atoms with E-state index in [9.17, 15) is 22.8 Å². The summed E-state index contributed by atoms with van der Waals surface area (Å²) in [5.74, 6) is -0.604. The summed E-state index contributed by atoms with van der Waals surface area (Å²) >= 11 is 0. The summed E-state index contributed by atoms with van der Waals surface area (Å²) in [6, 6.07) is 12.1. The Kier molecular flexibility index (Phi) is 8.12. The van der Waals surface area contributed by atoms with Crippen LogP contribution in [0.25, 0.3) is 22.2 Å². The zero-order valence-electron chi connectivity index (χ0n) is 20.7. The van der Waals surface area contributed by atoms with E-state index >= 15 is 0 Å². The third-order valence-corrected chi connectivity index (χ3v) is 7.01. The minimum atomic E-state index is -4.55. The van der Waals surface area contributed by atoms with Crippen LogP contribution < -0.4 is 16.4 Å². The van der Waals surface area contributed by atoms with E-state index in [4.69, 9.17) is 5.73 Å². The van der Waals surface area contributed by atoms with Gasteiger partial charge in [-0.15, -0.1) is 0 Å². The number of primary amides is 1. The Morgan fingerprint density at radius 2 is 1.78 bits per heavy atom. The van der Waals surface area contributed by atoms with Gasteiger partial charge in [-0.05, 0) is 37.8 Å². The molecule has 9 heteroatoms. The van der Waals surface area contributed by atoms with Gasteiger partial charge in [0.25, 0.3) is 5.91 Å². The number of fused-ring (bicyclic) bond motifs is 1. The first kappa shape index (κ1) is 26.6. The first-order valence-electron chi connectivity index (χ1n) is 12.5. The molecule has 4 rings (SSSR count). The number of rotatable bonds is 8. The fraction of sp³-hybridized carbons (Fsp3) is 0.393. The number of pyridine rings is 1. The van der Waals surface area contributed by atoms with Crippen molar-refractivity contribution >= 4 is 22.7 Å². The summed E-state index contributed by atoms with van der Waals surface area (Å²) in [6.45, 7) is 1.93. The van der Waals surface area contributed by atoms with Crippen molar-refractivity contribution in [3.05, 3.63) is 65.2 Å². The van der Waals surface area contributed by atoms with Crippen LogP contribution in [-0.2, 0) is 17.5 Å². The summed E-state index contributed by atoms with van der Waals surface area (Å²) in [5.41, 5.74) is 6.29. The van der Waals surface area contributed by atoms with Crippen molar-refractivity contribution in [3.63, 3.8) is 0 Å². The number of nitrogens with zero attached hydrogens (tertiary/aromatic N) is 1. The molecule has 196 valence electrons. The molecule has 1 heterocycles. The Balaban J connectivity index is 1.87. The molecule has 1 fully saturated rings. The minimum Gasteiger partial charge on any atom is -0.369 e. The van der Waals surface area contributed by atoms with E-state index in [0.29, 0.717) is 28.1 Å². The molecule has 0 saturated heterocycles. The Hall–Kier alpha value is -3.46. The van der Waals surface area contributed by atoms with Crippen LogP contribution in [0.4, 0.5) is 13.2 Å². The lowest BCUT2D eigenvalue weighted by Gasteiger charge is -2.29. The van der Waals surface area contributed by atoms with Gasteiger partial charge in [0.15, 0.2) is 0 Å². The van der Waals surface area contributed by atoms with Crippen molar-refractivity contribution < 1.29 is 22.8 Å². The number of hydrogen-bond donors (Lipinski definition) is 3. The molecule has 0 aliphatic heterocycles. The minimum absolute atomic E-state index is 0.0720. The Morgan fingerprint density at radius 3 is 2.43 bits per heavy atom. The molecule has 6 nitrogen and oxygen atoms in total. The van der Waals surface area contributed by atoms with E-state index in [1.165, 1.54) is 12.5 Å². The fourth-order valence-corrected chi connectivity index (χ4v) is 5.09. The molecule has 1 aliphatic carbocycles. The van der Waals surface area contributed by atoms with Crippen LogP contribution in [0.15, 0.2) is 48.5 Å². The van der Waals surface area contributed by atoms with Gasteiger partial charge in [-0.1, -0.05) is 55.7 Å². The molecule has 37 heavy (non-hydrogen) atoms. The SMILES string of the molecule is C[C@H](NC(=O)c1c(CNCC(N)=O)c(-c2ccccc2)nc2cc(C(F)(F)F)ccc12)C1CCCCC1. The molecule has 1 aromatic heterocycles. The van der Waals surface area contributed by atoms with Crippen molar-refractivity contribution in [1.82, 2.24) is 15.6 Å². The molecular formula is C28H31F3N4O2. The second-order valence-corrected chi connectivity index (χ2v) is 9.64. The maximum atomic E-state index is 13.8. The monoisotopic (exact) mass is 512 g/mol. The predicted octanol–water partition coefficient (Wildman–Crippen LogP) is 5.19. The number of alkyl halides is 3. The standard InChI is InChI=1S/C28H31F3N4O2/c1-17(18-8-4-2-5-9-18)34-27(37)25-21-13-12-20(28(29,30)31)14-23(21)35-26(19-10-6-3-7-11-19)22(25)15-33-16-24(32)36/h3,6-7,10-14,17-18,33H,2,4-5,8-9,15-16H2,1H3,(H2,32,36)(H,34,37)/t17-/m0/s1. The molecule has 0 spiro atoms. The molecular weight excluding hydrogens is 481 g/mol. The van der Waals surface area contributed by atoms with Crippen molar-refractivity contribution in [2.24, 2.45) is 11.7 Å². The van der Waals surface area contributed by atoms with Crippen molar-refractivity contribution in [1.29, 1.82) is 0 Å². The fourth-order valence-electron chi connectivity index (χ4n) is 5.09. The number of nitrogens with two attached hydrogens (primary N) is 1. The quantitative estimate of drug-likeness (QED) is 0.387. The highest BCUT2D eigenvalue weighted by Gasteiger charge is 2.32. The molecule has 1 aliphatic rings. The molecule has 2 amide bonds. The van der Waals surface area contributed by atoms with Crippen molar-refractivity contribution in [3.8, 4) is 11.3 Å². The summed E-state index contributed by atoms with van der Waals surface area (Å²) in [6.07, 6.45) is 0.908. The lowest BCUT2D eigenvalue weighted by molar-refractivity contribution is -0.137. The van der Waals surface area contributed by atoms with Gasteiger partial charge in [-0.2, -0.15) is 13.2 Å². The molecule has 3 aromatic rings. The smallest absolute Gasteiger partial charge is 0.369 e. The Morgan fingerprint density at radius 1 is 1.08 bits per heavy atom. The van der Waals surface area contributed by atoms with Crippen LogP contribution in [0, 0.1) is 5.92 Å². The molecule has 0 unspecified atom stereocenters. The van der Waals surface area contributed by atoms with Gasteiger partial charge in [0.05, 0.1) is 28.9 Å². The number of hydrogen-bond acceptors (Lipinski definition) is 4. The Bertz CT molecular complexity index is 1270. The van der Waals surface area contributed by atoms with Gasteiger partial charge in [-0.25, -0.2) is 4.98 Å². The van der Waals surface area contributed by atoms with Crippen LogP contribution >= 0.6 is 0 Å². The second kappa shape index (κ2) is 11.3. The number of amides is 2. The summed E-state index contributed by atoms with van der Waals surface area (Å²) in [7, 11) is 0. The lowest BCUT2D eigenvalue weighted by Crippen LogP contribution is -2.39. The highest BCUT2D eigenvalue weighted by Crippen LogP contribution is 2.35. The number of halogens is 3.